The smallest absolute Gasteiger partial charge is 0.408 e. The lowest BCUT2D eigenvalue weighted by atomic mass is 9.85. The fourth-order valence-electron chi connectivity index (χ4n) is 3.31. The van der Waals surface area contributed by atoms with E-state index in [0.29, 0.717) is 36.8 Å². The first-order chi connectivity index (χ1) is 11.5. The molecular weight excluding hydrogens is 310 g/mol. The number of hydrogen-bond donors (Lipinski definition) is 2. The van der Waals surface area contributed by atoms with Crippen LogP contribution in [0.15, 0.2) is 33.5 Å². The summed E-state index contributed by atoms with van der Waals surface area (Å²) in [6, 6.07) is 6.35. The first kappa shape index (κ1) is 16.3. The zero-order chi connectivity index (χ0) is 17.3. The highest BCUT2D eigenvalue weighted by Gasteiger charge is 2.28. The molecule has 1 aliphatic carbocycles. The number of rotatable bonds is 4. The van der Waals surface area contributed by atoms with Crippen LogP contribution in [-0.4, -0.2) is 22.4 Å². The topological polar surface area (TPSA) is 107 Å². The number of amides is 2. The third-order valence-electron chi connectivity index (χ3n) is 4.76. The van der Waals surface area contributed by atoms with Gasteiger partial charge in [-0.3, -0.25) is 14.2 Å². The van der Waals surface area contributed by atoms with Gasteiger partial charge in [0.15, 0.2) is 5.58 Å². The SMILES string of the molecule is CC(C(=O)NC1CCC(C(N)=O)CC1)n1c(=O)oc2ccccc21. The summed E-state index contributed by atoms with van der Waals surface area (Å²) in [4.78, 5) is 35.8. The molecule has 128 valence electrons. The fraction of sp³-hybridized carbons (Fsp3) is 0.471. The van der Waals surface area contributed by atoms with Crippen LogP contribution in [0.3, 0.4) is 0 Å². The summed E-state index contributed by atoms with van der Waals surface area (Å²) in [5.41, 5.74) is 6.38. The minimum Gasteiger partial charge on any atom is -0.408 e. The van der Waals surface area contributed by atoms with Crippen molar-refractivity contribution in [2.24, 2.45) is 11.7 Å². The summed E-state index contributed by atoms with van der Waals surface area (Å²) in [5.74, 6) is -1.15. The van der Waals surface area contributed by atoms with Crippen molar-refractivity contribution in [1.82, 2.24) is 9.88 Å². The quantitative estimate of drug-likeness (QED) is 0.880. The summed E-state index contributed by atoms with van der Waals surface area (Å²) in [7, 11) is 0. The number of carbonyl (C=O) groups excluding carboxylic acids is 2. The standard InChI is InChI=1S/C17H21N3O4/c1-10(20-13-4-2-3-5-14(13)24-17(20)23)16(22)19-12-8-6-11(7-9-12)15(18)21/h2-5,10-12H,6-9H2,1H3,(H2,18,21)(H,19,22). The molecule has 0 bridgehead atoms. The van der Waals surface area contributed by atoms with E-state index < -0.39 is 11.8 Å². The van der Waals surface area contributed by atoms with Gasteiger partial charge in [0.1, 0.15) is 6.04 Å². The van der Waals surface area contributed by atoms with Crippen molar-refractivity contribution in [3.8, 4) is 0 Å². The number of hydrogen-bond acceptors (Lipinski definition) is 4. The molecule has 2 aromatic rings. The van der Waals surface area contributed by atoms with Crippen LogP contribution in [0, 0.1) is 5.92 Å². The van der Waals surface area contributed by atoms with Gasteiger partial charge < -0.3 is 15.5 Å². The molecule has 1 saturated carbocycles. The Hall–Kier alpha value is -2.57. The largest absolute Gasteiger partial charge is 0.420 e. The first-order valence-corrected chi connectivity index (χ1v) is 8.17. The number of nitrogens with zero attached hydrogens (tertiary/aromatic N) is 1. The molecule has 24 heavy (non-hydrogen) atoms. The Kier molecular flexibility index (Phi) is 4.42. The van der Waals surface area contributed by atoms with E-state index in [1.54, 1.807) is 31.2 Å². The summed E-state index contributed by atoms with van der Waals surface area (Å²) in [5, 5.41) is 2.97. The second-order valence-corrected chi connectivity index (χ2v) is 6.34. The van der Waals surface area contributed by atoms with E-state index in [1.165, 1.54) is 4.57 Å². The van der Waals surface area contributed by atoms with Gasteiger partial charge in [-0.2, -0.15) is 0 Å². The molecule has 1 atom stereocenters. The molecule has 0 aliphatic heterocycles. The molecule has 1 fully saturated rings. The maximum Gasteiger partial charge on any atom is 0.420 e. The molecule has 3 N–H and O–H groups in total. The highest BCUT2D eigenvalue weighted by molar-refractivity contribution is 5.83. The number of nitrogens with one attached hydrogen (secondary N) is 1. The lowest BCUT2D eigenvalue weighted by Crippen LogP contribution is -2.43. The van der Waals surface area contributed by atoms with Gasteiger partial charge in [0.25, 0.3) is 0 Å². The molecule has 7 nitrogen and oxygen atoms in total. The molecule has 0 radical (unpaired) electrons. The number of benzene rings is 1. The van der Waals surface area contributed by atoms with Crippen LogP contribution < -0.4 is 16.8 Å². The number of primary amides is 1. The summed E-state index contributed by atoms with van der Waals surface area (Å²) in [6.07, 6.45) is 2.80. The average molecular weight is 331 g/mol. The Morgan fingerprint density at radius 2 is 1.92 bits per heavy atom. The second-order valence-electron chi connectivity index (χ2n) is 6.34. The number of nitrogens with two attached hydrogens (primary N) is 1. The summed E-state index contributed by atoms with van der Waals surface area (Å²) < 4.78 is 6.54. The van der Waals surface area contributed by atoms with E-state index in [9.17, 15) is 14.4 Å². The summed E-state index contributed by atoms with van der Waals surface area (Å²) >= 11 is 0. The van der Waals surface area contributed by atoms with E-state index >= 15 is 0 Å². The number of carbonyl (C=O) groups is 2. The van der Waals surface area contributed by atoms with Crippen LogP contribution in [0.5, 0.6) is 0 Å². The lowest BCUT2D eigenvalue weighted by Gasteiger charge is -2.28. The Labute approximate surface area is 138 Å². The molecule has 1 aliphatic rings. The molecule has 1 aromatic heterocycles. The predicted molar refractivity (Wildman–Crippen MR) is 88.3 cm³/mol. The monoisotopic (exact) mass is 331 g/mol. The van der Waals surface area contributed by atoms with Gasteiger partial charge in [-0.15, -0.1) is 0 Å². The predicted octanol–water partition coefficient (Wildman–Crippen LogP) is 1.32. The van der Waals surface area contributed by atoms with E-state index in [2.05, 4.69) is 5.32 Å². The van der Waals surface area contributed by atoms with Gasteiger partial charge in [-0.25, -0.2) is 4.79 Å². The van der Waals surface area contributed by atoms with Crippen LogP contribution in [0.4, 0.5) is 0 Å². The van der Waals surface area contributed by atoms with Crippen molar-refractivity contribution in [3.05, 3.63) is 34.8 Å². The van der Waals surface area contributed by atoms with Gasteiger partial charge >= 0.3 is 5.76 Å². The van der Waals surface area contributed by atoms with Crippen LogP contribution in [0.25, 0.3) is 11.1 Å². The molecule has 0 spiro atoms. The molecular formula is C17H21N3O4. The summed E-state index contributed by atoms with van der Waals surface area (Å²) in [6.45, 7) is 1.67. The van der Waals surface area contributed by atoms with Gasteiger partial charge in [0.05, 0.1) is 5.52 Å². The average Bonchev–Trinajstić information content (AvgIpc) is 2.90. The van der Waals surface area contributed by atoms with Crippen molar-refractivity contribution in [1.29, 1.82) is 0 Å². The lowest BCUT2D eigenvalue weighted by molar-refractivity contribution is -0.125. The van der Waals surface area contributed by atoms with Crippen LogP contribution in [0.2, 0.25) is 0 Å². The van der Waals surface area contributed by atoms with E-state index in [-0.39, 0.29) is 23.8 Å². The molecule has 1 unspecified atom stereocenters. The Morgan fingerprint density at radius 1 is 1.25 bits per heavy atom. The van der Waals surface area contributed by atoms with Crippen LogP contribution in [-0.2, 0) is 9.59 Å². The minimum atomic E-state index is -0.671. The van der Waals surface area contributed by atoms with E-state index in [1.807, 2.05) is 0 Å². The second kappa shape index (κ2) is 6.51. The zero-order valence-electron chi connectivity index (χ0n) is 13.5. The van der Waals surface area contributed by atoms with Gasteiger partial charge in [0, 0.05) is 12.0 Å². The normalized spacial score (nSPS) is 22.2. The Morgan fingerprint density at radius 3 is 2.58 bits per heavy atom. The first-order valence-electron chi connectivity index (χ1n) is 8.17. The highest BCUT2D eigenvalue weighted by atomic mass is 16.4. The molecule has 0 saturated heterocycles. The molecule has 1 heterocycles. The van der Waals surface area contributed by atoms with E-state index in [0.717, 1.165) is 0 Å². The minimum absolute atomic E-state index is 0.00409. The van der Waals surface area contributed by atoms with Gasteiger partial charge in [-0.1, -0.05) is 12.1 Å². The molecule has 1 aromatic carbocycles. The van der Waals surface area contributed by atoms with Gasteiger partial charge in [0.2, 0.25) is 11.8 Å². The zero-order valence-corrected chi connectivity index (χ0v) is 13.5. The molecule has 2 amide bonds. The highest BCUT2D eigenvalue weighted by Crippen LogP contribution is 2.24. The van der Waals surface area contributed by atoms with E-state index in [4.69, 9.17) is 10.2 Å². The number of oxazole rings is 1. The molecule has 7 heteroatoms. The van der Waals surface area contributed by atoms with Crippen LogP contribution in [0.1, 0.15) is 38.6 Å². The van der Waals surface area contributed by atoms with Crippen LogP contribution >= 0.6 is 0 Å². The Balaban J connectivity index is 1.70. The maximum absolute atomic E-state index is 12.5. The van der Waals surface area contributed by atoms with Crippen molar-refractivity contribution in [3.63, 3.8) is 0 Å². The molecule has 3 rings (SSSR count). The van der Waals surface area contributed by atoms with Crippen molar-refractivity contribution in [2.45, 2.75) is 44.7 Å². The van der Waals surface area contributed by atoms with Crippen molar-refractivity contribution >= 4 is 22.9 Å². The third-order valence-corrected chi connectivity index (χ3v) is 4.76. The fourth-order valence-corrected chi connectivity index (χ4v) is 3.31. The van der Waals surface area contributed by atoms with Gasteiger partial charge in [-0.05, 0) is 44.7 Å². The maximum atomic E-state index is 12.5. The number of para-hydroxylation sites is 2. The van der Waals surface area contributed by atoms with Crippen molar-refractivity contribution in [2.75, 3.05) is 0 Å². The number of fused-ring (bicyclic) bond motifs is 1. The number of aromatic nitrogens is 1. The third kappa shape index (κ3) is 3.06. The van der Waals surface area contributed by atoms with Crippen molar-refractivity contribution < 1.29 is 14.0 Å². The Bertz CT molecular complexity index is 815.